The lowest BCUT2D eigenvalue weighted by Gasteiger charge is -2.22. The standard InChI is InChI=1S/C18H22N2O/c1-5-20(16-9-7-6-8-10-16)18(21)15-11-12-17(19(3)4)14(2)13-15/h6-13H,5H2,1-4H3. The molecule has 3 nitrogen and oxygen atoms in total. The van der Waals surface area contributed by atoms with Gasteiger partial charge in [-0.05, 0) is 49.7 Å². The number of hydrogen-bond donors (Lipinski definition) is 0. The summed E-state index contributed by atoms with van der Waals surface area (Å²) < 4.78 is 0. The molecule has 110 valence electrons. The molecule has 0 bridgehead atoms. The summed E-state index contributed by atoms with van der Waals surface area (Å²) in [4.78, 5) is 16.6. The monoisotopic (exact) mass is 282 g/mol. The number of para-hydroxylation sites is 1. The number of carbonyl (C=O) groups is 1. The number of carbonyl (C=O) groups excluding carboxylic acids is 1. The number of benzene rings is 2. The SMILES string of the molecule is CCN(C(=O)c1ccc(N(C)C)c(C)c1)c1ccccc1. The number of aryl methyl sites for hydroxylation is 1. The molecule has 2 rings (SSSR count). The highest BCUT2D eigenvalue weighted by Crippen LogP contribution is 2.22. The fourth-order valence-electron chi connectivity index (χ4n) is 2.50. The molecule has 0 fully saturated rings. The molecule has 21 heavy (non-hydrogen) atoms. The highest BCUT2D eigenvalue weighted by atomic mass is 16.2. The molecule has 0 aliphatic heterocycles. The van der Waals surface area contributed by atoms with Gasteiger partial charge in [-0.25, -0.2) is 0 Å². The second-order valence-corrected chi connectivity index (χ2v) is 5.28. The average Bonchev–Trinajstić information content (AvgIpc) is 2.48. The van der Waals surface area contributed by atoms with Gasteiger partial charge in [-0.15, -0.1) is 0 Å². The zero-order valence-electron chi connectivity index (χ0n) is 13.1. The summed E-state index contributed by atoms with van der Waals surface area (Å²) >= 11 is 0. The van der Waals surface area contributed by atoms with Crippen LogP contribution in [0, 0.1) is 6.92 Å². The molecule has 2 aromatic rings. The number of rotatable bonds is 4. The third-order valence-corrected chi connectivity index (χ3v) is 3.55. The third-order valence-electron chi connectivity index (χ3n) is 3.55. The van der Waals surface area contributed by atoms with E-state index >= 15 is 0 Å². The molecule has 0 aliphatic rings. The molecule has 0 saturated carbocycles. The van der Waals surface area contributed by atoms with Gasteiger partial charge in [-0.1, -0.05) is 18.2 Å². The summed E-state index contributed by atoms with van der Waals surface area (Å²) in [5.41, 5.74) is 3.90. The molecule has 3 heteroatoms. The molecular formula is C18H22N2O. The first-order valence-electron chi connectivity index (χ1n) is 7.19. The average molecular weight is 282 g/mol. The first-order chi connectivity index (χ1) is 10.0. The van der Waals surface area contributed by atoms with Crippen molar-refractivity contribution in [3.8, 4) is 0 Å². The van der Waals surface area contributed by atoms with Gasteiger partial charge in [0.15, 0.2) is 0 Å². The van der Waals surface area contributed by atoms with Crippen LogP contribution in [0.4, 0.5) is 11.4 Å². The first-order valence-corrected chi connectivity index (χ1v) is 7.19. The normalized spacial score (nSPS) is 10.3. The Hall–Kier alpha value is -2.29. The highest BCUT2D eigenvalue weighted by molar-refractivity contribution is 6.06. The van der Waals surface area contributed by atoms with E-state index in [1.807, 2.05) is 76.5 Å². The van der Waals surface area contributed by atoms with E-state index in [4.69, 9.17) is 0 Å². The molecule has 1 amide bonds. The molecule has 0 aromatic heterocycles. The minimum atomic E-state index is 0.0390. The van der Waals surface area contributed by atoms with E-state index in [9.17, 15) is 4.79 Å². The molecule has 0 heterocycles. The van der Waals surface area contributed by atoms with Gasteiger partial charge in [-0.3, -0.25) is 4.79 Å². The van der Waals surface area contributed by atoms with E-state index in [-0.39, 0.29) is 5.91 Å². The predicted octanol–water partition coefficient (Wildman–Crippen LogP) is 3.73. The maximum absolute atomic E-state index is 12.7. The van der Waals surface area contributed by atoms with Crippen molar-refractivity contribution in [1.29, 1.82) is 0 Å². The molecule has 0 unspecified atom stereocenters. The number of anilines is 2. The Labute approximate surface area is 126 Å². The van der Waals surface area contributed by atoms with Crippen LogP contribution >= 0.6 is 0 Å². The van der Waals surface area contributed by atoms with Crippen LogP contribution in [-0.2, 0) is 0 Å². The molecule has 0 aliphatic carbocycles. The van der Waals surface area contributed by atoms with Crippen molar-refractivity contribution in [2.75, 3.05) is 30.4 Å². The maximum Gasteiger partial charge on any atom is 0.258 e. The van der Waals surface area contributed by atoms with Gasteiger partial charge >= 0.3 is 0 Å². The van der Waals surface area contributed by atoms with Crippen molar-refractivity contribution < 1.29 is 4.79 Å². The number of amides is 1. The molecule has 0 saturated heterocycles. The van der Waals surface area contributed by atoms with E-state index in [0.717, 1.165) is 22.5 Å². The van der Waals surface area contributed by atoms with Gasteiger partial charge in [-0.2, -0.15) is 0 Å². The van der Waals surface area contributed by atoms with Crippen molar-refractivity contribution in [1.82, 2.24) is 0 Å². The van der Waals surface area contributed by atoms with Crippen molar-refractivity contribution >= 4 is 17.3 Å². The Balaban J connectivity index is 2.32. The second kappa shape index (κ2) is 6.44. The van der Waals surface area contributed by atoms with Crippen LogP contribution in [0.15, 0.2) is 48.5 Å². The van der Waals surface area contributed by atoms with Crippen LogP contribution < -0.4 is 9.80 Å². The van der Waals surface area contributed by atoms with Crippen molar-refractivity contribution in [3.63, 3.8) is 0 Å². The van der Waals surface area contributed by atoms with Gasteiger partial charge in [0.25, 0.3) is 5.91 Å². The molecule has 2 aromatic carbocycles. The van der Waals surface area contributed by atoms with Crippen LogP contribution in [0.5, 0.6) is 0 Å². The van der Waals surface area contributed by atoms with Crippen LogP contribution in [-0.4, -0.2) is 26.5 Å². The Morgan fingerprint density at radius 1 is 1.05 bits per heavy atom. The maximum atomic E-state index is 12.7. The Bertz CT molecular complexity index is 620. The lowest BCUT2D eigenvalue weighted by atomic mass is 10.1. The van der Waals surface area contributed by atoms with E-state index in [1.165, 1.54) is 0 Å². The summed E-state index contributed by atoms with van der Waals surface area (Å²) in [6.45, 7) is 4.67. The van der Waals surface area contributed by atoms with Crippen molar-refractivity contribution in [2.24, 2.45) is 0 Å². The summed E-state index contributed by atoms with van der Waals surface area (Å²) in [7, 11) is 4.01. The van der Waals surface area contributed by atoms with Crippen LogP contribution in [0.25, 0.3) is 0 Å². The number of nitrogens with zero attached hydrogens (tertiary/aromatic N) is 2. The predicted molar refractivity (Wildman–Crippen MR) is 89.3 cm³/mol. The lowest BCUT2D eigenvalue weighted by Crippen LogP contribution is -2.30. The van der Waals surface area contributed by atoms with Gasteiger partial charge < -0.3 is 9.80 Å². The van der Waals surface area contributed by atoms with Gasteiger partial charge in [0.2, 0.25) is 0 Å². The highest BCUT2D eigenvalue weighted by Gasteiger charge is 2.16. The Kier molecular flexibility index (Phi) is 4.63. The minimum absolute atomic E-state index is 0.0390. The summed E-state index contributed by atoms with van der Waals surface area (Å²) in [5.74, 6) is 0.0390. The van der Waals surface area contributed by atoms with E-state index in [1.54, 1.807) is 4.90 Å². The van der Waals surface area contributed by atoms with Crippen LogP contribution in [0.2, 0.25) is 0 Å². The molecular weight excluding hydrogens is 260 g/mol. The second-order valence-electron chi connectivity index (χ2n) is 5.28. The van der Waals surface area contributed by atoms with Crippen molar-refractivity contribution in [2.45, 2.75) is 13.8 Å². The Morgan fingerprint density at radius 3 is 2.24 bits per heavy atom. The van der Waals surface area contributed by atoms with E-state index in [2.05, 4.69) is 4.90 Å². The lowest BCUT2D eigenvalue weighted by molar-refractivity contribution is 0.0988. The number of hydrogen-bond acceptors (Lipinski definition) is 2. The third kappa shape index (κ3) is 3.24. The largest absolute Gasteiger partial charge is 0.377 e. The fourth-order valence-corrected chi connectivity index (χ4v) is 2.50. The summed E-state index contributed by atoms with van der Waals surface area (Å²) in [5, 5.41) is 0. The summed E-state index contributed by atoms with van der Waals surface area (Å²) in [6, 6.07) is 15.6. The molecule has 0 N–H and O–H groups in total. The molecule has 0 spiro atoms. The smallest absolute Gasteiger partial charge is 0.258 e. The molecule has 0 atom stereocenters. The summed E-state index contributed by atoms with van der Waals surface area (Å²) in [6.07, 6.45) is 0. The van der Waals surface area contributed by atoms with Crippen LogP contribution in [0.1, 0.15) is 22.8 Å². The minimum Gasteiger partial charge on any atom is -0.377 e. The van der Waals surface area contributed by atoms with Gasteiger partial charge in [0, 0.05) is 37.6 Å². The van der Waals surface area contributed by atoms with Gasteiger partial charge in [0.1, 0.15) is 0 Å². The van der Waals surface area contributed by atoms with Gasteiger partial charge in [0.05, 0.1) is 0 Å². The quantitative estimate of drug-likeness (QED) is 0.853. The fraction of sp³-hybridized carbons (Fsp3) is 0.278. The molecule has 0 radical (unpaired) electrons. The van der Waals surface area contributed by atoms with Crippen molar-refractivity contribution in [3.05, 3.63) is 59.7 Å². The Morgan fingerprint density at radius 2 is 1.71 bits per heavy atom. The van der Waals surface area contributed by atoms with E-state index in [0.29, 0.717) is 6.54 Å². The van der Waals surface area contributed by atoms with E-state index < -0.39 is 0 Å². The zero-order valence-corrected chi connectivity index (χ0v) is 13.1. The van der Waals surface area contributed by atoms with Crippen LogP contribution in [0.3, 0.4) is 0 Å². The first kappa shape index (κ1) is 15.1. The zero-order chi connectivity index (χ0) is 15.4. The topological polar surface area (TPSA) is 23.6 Å².